The number of benzene rings is 1. The Bertz CT molecular complexity index is 575. The van der Waals surface area contributed by atoms with Gasteiger partial charge in [-0.25, -0.2) is 0 Å². The lowest BCUT2D eigenvalue weighted by Crippen LogP contribution is -2.34. The lowest BCUT2D eigenvalue weighted by molar-refractivity contribution is 0.0934. The summed E-state index contributed by atoms with van der Waals surface area (Å²) in [7, 11) is 0. The van der Waals surface area contributed by atoms with E-state index in [4.69, 9.17) is 5.73 Å². The monoisotopic (exact) mass is 284 g/mol. The van der Waals surface area contributed by atoms with Crippen molar-refractivity contribution in [1.29, 1.82) is 0 Å². The zero-order valence-electron chi connectivity index (χ0n) is 13.0. The second-order valence-electron chi connectivity index (χ2n) is 6.29. The van der Waals surface area contributed by atoms with Crippen molar-refractivity contribution in [3.8, 4) is 11.8 Å². The SMILES string of the molecule is Cc1cc(C#CCN)cc(C(=O)NCC2(C)CCCC2)c1. The predicted molar refractivity (Wildman–Crippen MR) is 86.0 cm³/mol. The van der Waals surface area contributed by atoms with E-state index in [2.05, 4.69) is 24.1 Å². The number of carbonyl (C=O) groups excluding carboxylic acids is 1. The highest BCUT2D eigenvalue weighted by atomic mass is 16.1. The van der Waals surface area contributed by atoms with E-state index in [1.807, 2.05) is 25.1 Å². The second kappa shape index (κ2) is 6.78. The third kappa shape index (κ3) is 4.34. The molecule has 3 nitrogen and oxygen atoms in total. The van der Waals surface area contributed by atoms with Gasteiger partial charge in [-0.2, -0.15) is 0 Å². The lowest BCUT2D eigenvalue weighted by atomic mass is 9.89. The minimum Gasteiger partial charge on any atom is -0.351 e. The molecule has 1 aliphatic carbocycles. The molecule has 112 valence electrons. The fraction of sp³-hybridized carbons (Fsp3) is 0.500. The number of nitrogens with two attached hydrogens (primary N) is 1. The molecular weight excluding hydrogens is 260 g/mol. The maximum Gasteiger partial charge on any atom is 0.251 e. The van der Waals surface area contributed by atoms with Crippen molar-refractivity contribution in [2.45, 2.75) is 39.5 Å². The summed E-state index contributed by atoms with van der Waals surface area (Å²) in [4.78, 5) is 12.3. The van der Waals surface area contributed by atoms with E-state index in [-0.39, 0.29) is 11.3 Å². The van der Waals surface area contributed by atoms with Crippen LogP contribution in [0.4, 0.5) is 0 Å². The van der Waals surface area contributed by atoms with Crippen LogP contribution >= 0.6 is 0 Å². The van der Waals surface area contributed by atoms with Gasteiger partial charge in [0.2, 0.25) is 0 Å². The topological polar surface area (TPSA) is 55.1 Å². The molecule has 1 aromatic carbocycles. The number of rotatable bonds is 3. The van der Waals surface area contributed by atoms with E-state index < -0.39 is 0 Å². The Morgan fingerprint density at radius 1 is 1.33 bits per heavy atom. The molecule has 0 atom stereocenters. The molecule has 2 rings (SSSR count). The van der Waals surface area contributed by atoms with Gasteiger partial charge in [-0.3, -0.25) is 4.79 Å². The first kappa shape index (κ1) is 15.6. The summed E-state index contributed by atoms with van der Waals surface area (Å²) < 4.78 is 0. The van der Waals surface area contributed by atoms with Crippen LogP contribution in [0.1, 0.15) is 54.1 Å². The Balaban J connectivity index is 2.06. The maximum atomic E-state index is 12.3. The summed E-state index contributed by atoms with van der Waals surface area (Å²) in [6.45, 7) is 5.31. The summed E-state index contributed by atoms with van der Waals surface area (Å²) in [5.41, 5.74) is 8.22. The lowest BCUT2D eigenvalue weighted by Gasteiger charge is -2.23. The predicted octanol–water partition coefficient (Wildman–Crippen LogP) is 2.62. The number of aryl methyl sites for hydroxylation is 1. The van der Waals surface area contributed by atoms with Gasteiger partial charge in [-0.05, 0) is 48.9 Å². The number of nitrogens with one attached hydrogen (secondary N) is 1. The number of hydrogen-bond acceptors (Lipinski definition) is 2. The first-order valence-electron chi connectivity index (χ1n) is 7.61. The first-order valence-corrected chi connectivity index (χ1v) is 7.61. The Morgan fingerprint density at radius 3 is 2.71 bits per heavy atom. The Hall–Kier alpha value is -1.79. The Morgan fingerprint density at radius 2 is 2.05 bits per heavy atom. The van der Waals surface area contributed by atoms with Crippen LogP contribution in [0.3, 0.4) is 0 Å². The summed E-state index contributed by atoms with van der Waals surface area (Å²) in [6, 6.07) is 5.71. The van der Waals surface area contributed by atoms with Crippen molar-refractivity contribution >= 4 is 5.91 Å². The molecule has 3 heteroatoms. The van der Waals surface area contributed by atoms with E-state index in [0.717, 1.165) is 17.7 Å². The molecule has 0 unspecified atom stereocenters. The van der Waals surface area contributed by atoms with Crippen molar-refractivity contribution in [2.24, 2.45) is 11.1 Å². The van der Waals surface area contributed by atoms with Crippen LogP contribution in [0.5, 0.6) is 0 Å². The Labute approximate surface area is 127 Å². The van der Waals surface area contributed by atoms with Gasteiger partial charge in [-0.1, -0.05) is 31.6 Å². The highest BCUT2D eigenvalue weighted by molar-refractivity contribution is 5.94. The highest BCUT2D eigenvalue weighted by Gasteiger charge is 2.28. The molecule has 0 radical (unpaired) electrons. The molecule has 1 amide bonds. The molecule has 0 spiro atoms. The van der Waals surface area contributed by atoms with E-state index >= 15 is 0 Å². The van der Waals surface area contributed by atoms with Crippen molar-refractivity contribution in [3.63, 3.8) is 0 Å². The fourth-order valence-corrected chi connectivity index (χ4v) is 2.94. The van der Waals surface area contributed by atoms with Gasteiger partial charge in [0.25, 0.3) is 5.91 Å². The number of hydrogen-bond donors (Lipinski definition) is 2. The molecule has 0 aliphatic heterocycles. The van der Waals surface area contributed by atoms with Gasteiger partial charge < -0.3 is 11.1 Å². The van der Waals surface area contributed by atoms with Crippen molar-refractivity contribution in [2.75, 3.05) is 13.1 Å². The van der Waals surface area contributed by atoms with Gasteiger partial charge >= 0.3 is 0 Å². The van der Waals surface area contributed by atoms with E-state index in [9.17, 15) is 4.79 Å². The molecule has 1 aromatic rings. The summed E-state index contributed by atoms with van der Waals surface area (Å²) in [5.74, 6) is 5.81. The molecule has 0 saturated heterocycles. The van der Waals surface area contributed by atoms with Gasteiger partial charge in [0.15, 0.2) is 0 Å². The van der Waals surface area contributed by atoms with Crippen molar-refractivity contribution in [1.82, 2.24) is 5.32 Å². The molecule has 3 N–H and O–H groups in total. The molecular formula is C18H24N2O. The molecule has 0 aromatic heterocycles. The van der Waals surface area contributed by atoms with Crippen LogP contribution in [0.15, 0.2) is 18.2 Å². The van der Waals surface area contributed by atoms with Crippen LogP contribution in [0, 0.1) is 24.2 Å². The zero-order chi connectivity index (χ0) is 15.3. The minimum absolute atomic E-state index is 0.0115. The van der Waals surface area contributed by atoms with Gasteiger partial charge in [0.05, 0.1) is 6.54 Å². The molecule has 0 bridgehead atoms. The number of amides is 1. The largest absolute Gasteiger partial charge is 0.351 e. The minimum atomic E-state index is -0.0115. The second-order valence-corrected chi connectivity index (χ2v) is 6.29. The molecule has 1 fully saturated rings. The van der Waals surface area contributed by atoms with E-state index in [1.54, 1.807) is 0 Å². The van der Waals surface area contributed by atoms with Crippen LogP contribution in [-0.2, 0) is 0 Å². The van der Waals surface area contributed by atoms with Crippen molar-refractivity contribution < 1.29 is 4.79 Å². The highest BCUT2D eigenvalue weighted by Crippen LogP contribution is 2.36. The zero-order valence-corrected chi connectivity index (χ0v) is 13.0. The summed E-state index contributed by atoms with van der Waals surface area (Å²) in [6.07, 6.45) is 4.95. The molecule has 0 heterocycles. The van der Waals surface area contributed by atoms with Gasteiger partial charge in [-0.15, -0.1) is 0 Å². The average molecular weight is 284 g/mol. The van der Waals surface area contributed by atoms with Crippen LogP contribution in [-0.4, -0.2) is 19.0 Å². The molecule has 21 heavy (non-hydrogen) atoms. The smallest absolute Gasteiger partial charge is 0.251 e. The maximum absolute atomic E-state index is 12.3. The van der Waals surface area contributed by atoms with Gasteiger partial charge in [0, 0.05) is 17.7 Å². The van der Waals surface area contributed by atoms with Crippen LogP contribution < -0.4 is 11.1 Å². The third-order valence-corrected chi connectivity index (χ3v) is 4.16. The fourth-order valence-electron chi connectivity index (χ4n) is 2.94. The van der Waals surface area contributed by atoms with Crippen LogP contribution in [0.2, 0.25) is 0 Å². The summed E-state index contributed by atoms with van der Waals surface area (Å²) >= 11 is 0. The van der Waals surface area contributed by atoms with E-state index in [0.29, 0.717) is 12.1 Å². The number of carbonyl (C=O) groups is 1. The average Bonchev–Trinajstić information content (AvgIpc) is 2.89. The van der Waals surface area contributed by atoms with Gasteiger partial charge in [0.1, 0.15) is 0 Å². The molecule has 1 saturated carbocycles. The quantitative estimate of drug-likeness (QED) is 0.838. The van der Waals surface area contributed by atoms with Crippen LogP contribution in [0.25, 0.3) is 0 Å². The standard InChI is InChI=1S/C18H24N2O/c1-14-10-15(6-5-9-19)12-16(11-14)17(21)20-13-18(2)7-3-4-8-18/h10-12H,3-4,7-9,13,19H2,1-2H3,(H,20,21). The molecule has 1 aliphatic rings. The first-order chi connectivity index (χ1) is 10.0. The normalized spacial score (nSPS) is 16.1. The van der Waals surface area contributed by atoms with Crippen molar-refractivity contribution in [3.05, 3.63) is 34.9 Å². The Kier molecular flexibility index (Phi) is 5.03. The third-order valence-electron chi connectivity index (χ3n) is 4.16. The van der Waals surface area contributed by atoms with E-state index in [1.165, 1.54) is 25.7 Å². The summed E-state index contributed by atoms with van der Waals surface area (Å²) in [5, 5.41) is 3.08.